The molecule has 0 radical (unpaired) electrons. The lowest BCUT2D eigenvalue weighted by Crippen LogP contribution is -2.54. The zero-order valence-corrected chi connectivity index (χ0v) is 21.1. The van der Waals surface area contributed by atoms with Gasteiger partial charge in [-0.15, -0.1) is 0 Å². The number of likely N-dealkylation sites (N-methyl/N-ethyl adjacent to an activating group) is 1. The van der Waals surface area contributed by atoms with E-state index in [1.165, 1.54) is 6.33 Å². The molecular weight excluding hydrogens is 477 g/mol. The van der Waals surface area contributed by atoms with Crippen molar-refractivity contribution in [3.8, 4) is 5.82 Å². The molecule has 0 saturated carbocycles. The Bertz CT molecular complexity index is 1300. The van der Waals surface area contributed by atoms with Crippen LogP contribution in [0.1, 0.15) is 23.5 Å². The van der Waals surface area contributed by atoms with Gasteiger partial charge in [0.15, 0.2) is 11.9 Å². The van der Waals surface area contributed by atoms with Crippen molar-refractivity contribution >= 4 is 22.6 Å². The van der Waals surface area contributed by atoms with E-state index < -0.39 is 12.3 Å². The molecule has 2 unspecified atom stereocenters. The number of hydrogen-bond acceptors (Lipinski definition) is 8. The number of aryl methyl sites for hydroxylation is 1. The van der Waals surface area contributed by atoms with Crippen molar-refractivity contribution < 1.29 is 18.7 Å². The highest BCUT2D eigenvalue weighted by Crippen LogP contribution is 2.36. The van der Waals surface area contributed by atoms with Crippen LogP contribution in [0.4, 0.5) is 10.2 Å². The highest BCUT2D eigenvalue weighted by atomic mass is 19.1. The molecule has 3 aliphatic rings. The van der Waals surface area contributed by atoms with Crippen LogP contribution in [0.5, 0.6) is 0 Å². The van der Waals surface area contributed by atoms with Crippen molar-refractivity contribution in [1.29, 1.82) is 0 Å². The van der Waals surface area contributed by atoms with Crippen molar-refractivity contribution in [3.63, 3.8) is 0 Å². The van der Waals surface area contributed by atoms with Crippen molar-refractivity contribution in [2.24, 2.45) is 0 Å². The number of rotatable bonds is 5. The van der Waals surface area contributed by atoms with Gasteiger partial charge < -0.3 is 19.7 Å². The summed E-state index contributed by atoms with van der Waals surface area (Å²) >= 11 is 0. The minimum Gasteiger partial charge on any atom is -0.378 e. The number of morpholine rings is 1. The second-order valence-corrected chi connectivity index (χ2v) is 10.1. The second-order valence-electron chi connectivity index (χ2n) is 10.1. The van der Waals surface area contributed by atoms with E-state index in [4.69, 9.17) is 9.47 Å². The minimum atomic E-state index is -0.929. The molecule has 3 atom stereocenters. The highest BCUT2D eigenvalue weighted by Gasteiger charge is 2.36. The van der Waals surface area contributed by atoms with E-state index in [-0.39, 0.29) is 11.8 Å². The number of benzene rings is 1. The van der Waals surface area contributed by atoms with Crippen LogP contribution in [0.15, 0.2) is 30.7 Å². The number of halogens is 1. The second kappa shape index (κ2) is 9.96. The standard InChI is InChI=1S/C26H32FN7O3/c1-16-7-17-10-31-34(22(17)8-20(16)19-3-4-32(11-21(19)27)18-13-36-14-18)25-9-24(29-15-30-25)33-5-6-37-23(12-33)26(35)28-2/h7-10,15,18-19,21,23H,3-6,11-14H2,1-2H3,(H,28,35)/t19?,21?,23-/m0/s1. The third-order valence-corrected chi connectivity index (χ3v) is 7.85. The lowest BCUT2D eigenvalue weighted by molar-refractivity contribution is -0.132. The smallest absolute Gasteiger partial charge is 0.250 e. The number of nitrogens with zero attached hydrogens (tertiary/aromatic N) is 6. The summed E-state index contributed by atoms with van der Waals surface area (Å²) in [6.45, 7) is 6.25. The molecule has 3 aliphatic heterocycles. The van der Waals surface area contributed by atoms with Crippen LogP contribution >= 0.6 is 0 Å². The number of hydrogen-bond donors (Lipinski definition) is 1. The maximum absolute atomic E-state index is 15.4. The Hall–Kier alpha value is -3.15. The number of aromatic nitrogens is 4. The van der Waals surface area contributed by atoms with Gasteiger partial charge in [-0.1, -0.05) is 0 Å². The molecule has 1 amide bonds. The fourth-order valence-corrected chi connectivity index (χ4v) is 5.63. The molecule has 3 saturated heterocycles. The first-order chi connectivity index (χ1) is 18.0. The fraction of sp³-hybridized carbons (Fsp3) is 0.538. The Kier molecular flexibility index (Phi) is 6.51. The van der Waals surface area contributed by atoms with Gasteiger partial charge in [0.05, 0.1) is 44.1 Å². The number of piperidine rings is 1. The average molecular weight is 510 g/mol. The molecule has 0 spiro atoms. The molecule has 6 rings (SSSR count). The Morgan fingerprint density at radius 1 is 1.14 bits per heavy atom. The molecule has 0 aliphatic carbocycles. The van der Waals surface area contributed by atoms with Gasteiger partial charge in [-0.25, -0.2) is 19.0 Å². The van der Waals surface area contributed by atoms with Crippen LogP contribution in [-0.4, -0.2) is 102 Å². The van der Waals surface area contributed by atoms with Gasteiger partial charge in [0.2, 0.25) is 0 Å². The summed E-state index contributed by atoms with van der Waals surface area (Å²) in [5.41, 5.74) is 3.00. The molecule has 196 valence electrons. The van der Waals surface area contributed by atoms with Crippen LogP contribution < -0.4 is 10.2 Å². The Balaban J connectivity index is 1.28. The number of likely N-dealkylation sites (tertiary alicyclic amines) is 1. The van der Waals surface area contributed by atoms with Crippen LogP contribution in [0.3, 0.4) is 0 Å². The van der Waals surface area contributed by atoms with Crippen molar-refractivity contribution in [1.82, 2.24) is 30.0 Å². The maximum atomic E-state index is 15.4. The number of alkyl halides is 1. The summed E-state index contributed by atoms with van der Waals surface area (Å²) < 4.78 is 28.1. The third kappa shape index (κ3) is 4.55. The molecule has 5 heterocycles. The van der Waals surface area contributed by atoms with Gasteiger partial charge in [-0.3, -0.25) is 9.69 Å². The summed E-state index contributed by atoms with van der Waals surface area (Å²) in [7, 11) is 1.60. The van der Waals surface area contributed by atoms with E-state index >= 15 is 4.39 Å². The predicted octanol–water partition coefficient (Wildman–Crippen LogP) is 1.60. The number of ether oxygens (including phenoxy) is 2. The minimum absolute atomic E-state index is 0.152. The van der Waals surface area contributed by atoms with E-state index in [1.54, 1.807) is 11.7 Å². The molecule has 3 aromatic rings. The monoisotopic (exact) mass is 509 g/mol. The molecule has 1 aromatic carbocycles. The summed E-state index contributed by atoms with van der Waals surface area (Å²) in [6, 6.07) is 6.39. The molecule has 3 fully saturated rings. The molecule has 10 nitrogen and oxygen atoms in total. The first kappa shape index (κ1) is 24.2. The zero-order valence-electron chi connectivity index (χ0n) is 21.1. The summed E-state index contributed by atoms with van der Waals surface area (Å²) in [6.07, 6.45) is 2.62. The third-order valence-electron chi connectivity index (χ3n) is 7.85. The zero-order chi connectivity index (χ0) is 25.5. The fourth-order valence-electron chi connectivity index (χ4n) is 5.63. The van der Waals surface area contributed by atoms with Crippen LogP contribution in [0.25, 0.3) is 16.7 Å². The quantitative estimate of drug-likeness (QED) is 0.554. The molecular formula is C26H32FN7O3. The number of anilines is 1. The molecule has 2 aromatic heterocycles. The van der Waals surface area contributed by atoms with Gasteiger partial charge in [0.1, 0.15) is 18.3 Å². The SMILES string of the molecule is CNC(=O)[C@@H]1CN(c2cc(-n3ncc4cc(C)c(C5CCN(C6COC6)CC5F)cc43)ncn2)CCO1. The number of nitrogens with one attached hydrogen (secondary N) is 1. The maximum Gasteiger partial charge on any atom is 0.250 e. The van der Waals surface area contributed by atoms with Crippen molar-refractivity contribution in [2.45, 2.75) is 37.6 Å². The number of amides is 1. The van der Waals surface area contributed by atoms with E-state index in [0.717, 1.165) is 35.0 Å². The molecule has 11 heteroatoms. The van der Waals surface area contributed by atoms with Gasteiger partial charge in [-0.05, 0) is 43.1 Å². The lowest BCUT2D eigenvalue weighted by Gasteiger charge is -2.43. The first-order valence-corrected chi connectivity index (χ1v) is 12.9. The summed E-state index contributed by atoms with van der Waals surface area (Å²) in [4.78, 5) is 25.3. The lowest BCUT2D eigenvalue weighted by atomic mass is 9.84. The van der Waals surface area contributed by atoms with Gasteiger partial charge in [-0.2, -0.15) is 5.10 Å². The Morgan fingerprint density at radius 3 is 2.73 bits per heavy atom. The predicted molar refractivity (Wildman–Crippen MR) is 136 cm³/mol. The van der Waals surface area contributed by atoms with Crippen LogP contribution in [0.2, 0.25) is 0 Å². The summed E-state index contributed by atoms with van der Waals surface area (Å²) in [5.74, 6) is 1.02. The van der Waals surface area contributed by atoms with E-state index in [1.807, 2.05) is 17.2 Å². The number of carbonyl (C=O) groups is 1. The number of fused-ring (bicyclic) bond motifs is 1. The van der Waals surface area contributed by atoms with Gasteiger partial charge in [0.25, 0.3) is 5.91 Å². The van der Waals surface area contributed by atoms with Crippen molar-refractivity contribution in [2.75, 3.05) is 57.9 Å². The van der Waals surface area contributed by atoms with Crippen LogP contribution in [0, 0.1) is 6.92 Å². The van der Waals surface area contributed by atoms with Gasteiger partial charge >= 0.3 is 0 Å². The Labute approximate surface area is 214 Å². The largest absolute Gasteiger partial charge is 0.378 e. The topological polar surface area (TPSA) is 97.6 Å². The normalized spacial score (nSPS) is 25.3. The van der Waals surface area contributed by atoms with Crippen LogP contribution in [-0.2, 0) is 14.3 Å². The first-order valence-electron chi connectivity index (χ1n) is 12.9. The van der Waals surface area contributed by atoms with E-state index in [9.17, 15) is 4.79 Å². The average Bonchev–Trinajstić information content (AvgIpc) is 3.30. The van der Waals surface area contributed by atoms with Gasteiger partial charge in [0, 0.05) is 37.5 Å². The number of carbonyl (C=O) groups excluding carboxylic acids is 1. The summed E-state index contributed by atoms with van der Waals surface area (Å²) in [5, 5.41) is 8.23. The molecule has 37 heavy (non-hydrogen) atoms. The van der Waals surface area contributed by atoms with Crippen molar-refractivity contribution in [3.05, 3.63) is 41.9 Å². The van der Waals surface area contributed by atoms with E-state index in [0.29, 0.717) is 57.1 Å². The Morgan fingerprint density at radius 2 is 1.97 bits per heavy atom. The molecule has 1 N–H and O–H groups in total. The highest BCUT2D eigenvalue weighted by molar-refractivity contribution is 5.82. The molecule has 0 bridgehead atoms. The van der Waals surface area contributed by atoms with E-state index in [2.05, 4.69) is 44.3 Å².